The Balaban J connectivity index is 3.99. The van der Waals surface area contributed by atoms with Crippen molar-refractivity contribution in [1.82, 2.24) is 0 Å². The van der Waals surface area contributed by atoms with Crippen molar-refractivity contribution < 1.29 is 0 Å². The fraction of sp³-hybridized carbons (Fsp3) is 0.455. The fourth-order valence-electron chi connectivity index (χ4n) is 0.985. The van der Waals surface area contributed by atoms with Crippen LogP contribution in [0.1, 0.15) is 26.7 Å². The van der Waals surface area contributed by atoms with Gasteiger partial charge >= 0.3 is 0 Å². The van der Waals surface area contributed by atoms with Crippen LogP contribution < -0.4 is 5.73 Å². The van der Waals surface area contributed by atoms with Gasteiger partial charge in [-0.15, -0.1) is 0 Å². The van der Waals surface area contributed by atoms with E-state index < -0.39 is 0 Å². The van der Waals surface area contributed by atoms with Crippen LogP contribution in [-0.4, -0.2) is 6.54 Å². The molecule has 0 bridgehead atoms. The van der Waals surface area contributed by atoms with E-state index in [1.165, 1.54) is 5.57 Å². The Bertz CT molecular complexity index is 187. The van der Waals surface area contributed by atoms with E-state index in [-0.39, 0.29) is 0 Å². The van der Waals surface area contributed by atoms with Gasteiger partial charge in [-0.1, -0.05) is 42.9 Å². The van der Waals surface area contributed by atoms with E-state index in [0.29, 0.717) is 6.54 Å². The SMILES string of the molecule is C=C(C)/C=C(/CC)C/C=C\CN. The van der Waals surface area contributed by atoms with Crippen molar-refractivity contribution in [1.29, 1.82) is 0 Å². The average Bonchev–Trinajstić information content (AvgIpc) is 2.02. The van der Waals surface area contributed by atoms with E-state index in [0.717, 1.165) is 18.4 Å². The minimum absolute atomic E-state index is 0.629. The molecule has 0 amide bonds. The van der Waals surface area contributed by atoms with Crippen LogP contribution in [0.15, 0.2) is 36.0 Å². The average molecular weight is 165 g/mol. The third-order valence-corrected chi connectivity index (χ3v) is 1.59. The minimum Gasteiger partial charge on any atom is -0.327 e. The second-order valence-electron chi connectivity index (χ2n) is 2.91. The number of rotatable bonds is 5. The summed E-state index contributed by atoms with van der Waals surface area (Å²) in [5.74, 6) is 0. The molecule has 0 heterocycles. The summed E-state index contributed by atoms with van der Waals surface area (Å²) in [6, 6.07) is 0. The summed E-state index contributed by atoms with van der Waals surface area (Å²) in [6.45, 7) is 8.65. The maximum Gasteiger partial charge on any atom is 0.0106 e. The first kappa shape index (κ1) is 11.2. The van der Waals surface area contributed by atoms with Crippen molar-refractivity contribution in [3.05, 3.63) is 36.0 Å². The van der Waals surface area contributed by atoms with E-state index in [4.69, 9.17) is 5.73 Å². The largest absolute Gasteiger partial charge is 0.327 e. The lowest BCUT2D eigenvalue weighted by Crippen LogP contribution is -1.92. The quantitative estimate of drug-likeness (QED) is 0.492. The molecular weight excluding hydrogens is 146 g/mol. The summed E-state index contributed by atoms with van der Waals surface area (Å²) < 4.78 is 0. The Morgan fingerprint density at radius 2 is 2.08 bits per heavy atom. The van der Waals surface area contributed by atoms with Gasteiger partial charge in [-0.05, 0) is 19.8 Å². The molecule has 0 saturated heterocycles. The van der Waals surface area contributed by atoms with Crippen molar-refractivity contribution in [3.8, 4) is 0 Å². The highest BCUT2D eigenvalue weighted by Gasteiger charge is 1.89. The number of allylic oxidation sites excluding steroid dienone is 4. The molecule has 1 nitrogen and oxygen atoms in total. The monoisotopic (exact) mass is 165 g/mol. The molecule has 0 aromatic carbocycles. The fourth-order valence-corrected chi connectivity index (χ4v) is 0.985. The molecule has 1 heteroatoms. The van der Waals surface area contributed by atoms with E-state index in [1.54, 1.807) is 0 Å². The third-order valence-electron chi connectivity index (χ3n) is 1.59. The third kappa shape index (κ3) is 5.93. The maximum atomic E-state index is 5.33. The van der Waals surface area contributed by atoms with Crippen LogP contribution >= 0.6 is 0 Å². The normalized spacial score (nSPS) is 12.4. The Kier molecular flexibility index (Phi) is 6.39. The van der Waals surface area contributed by atoms with E-state index >= 15 is 0 Å². The molecule has 0 aliphatic carbocycles. The lowest BCUT2D eigenvalue weighted by Gasteiger charge is -1.99. The van der Waals surface area contributed by atoms with Gasteiger partial charge in [0.25, 0.3) is 0 Å². The number of hydrogen-bond donors (Lipinski definition) is 1. The van der Waals surface area contributed by atoms with Crippen LogP contribution in [0.2, 0.25) is 0 Å². The Morgan fingerprint density at radius 3 is 2.50 bits per heavy atom. The van der Waals surface area contributed by atoms with Gasteiger partial charge in [0, 0.05) is 6.54 Å². The molecule has 0 saturated carbocycles. The van der Waals surface area contributed by atoms with Crippen molar-refractivity contribution >= 4 is 0 Å². The van der Waals surface area contributed by atoms with Crippen molar-refractivity contribution in [3.63, 3.8) is 0 Å². The molecule has 0 radical (unpaired) electrons. The lowest BCUT2D eigenvalue weighted by atomic mass is 10.1. The predicted octanol–water partition coefficient (Wildman–Crippen LogP) is 2.80. The molecule has 68 valence electrons. The van der Waals surface area contributed by atoms with E-state index in [1.807, 2.05) is 13.0 Å². The molecule has 0 aromatic rings. The molecule has 0 aliphatic rings. The summed E-state index contributed by atoms with van der Waals surface area (Å²) in [5.41, 5.74) is 7.86. The maximum absolute atomic E-state index is 5.33. The molecule has 0 aliphatic heterocycles. The highest BCUT2D eigenvalue weighted by molar-refractivity contribution is 5.20. The standard InChI is InChI=1S/C11H19N/c1-4-11(9-10(2)3)7-5-6-8-12/h5-6,9H,2,4,7-8,12H2,1,3H3/b6-5-,11-9-. The van der Waals surface area contributed by atoms with Gasteiger partial charge in [0.2, 0.25) is 0 Å². The minimum atomic E-state index is 0.629. The zero-order valence-electron chi connectivity index (χ0n) is 8.14. The number of nitrogens with two attached hydrogens (primary N) is 1. The van der Waals surface area contributed by atoms with Crippen LogP contribution in [0, 0.1) is 0 Å². The van der Waals surface area contributed by atoms with Crippen LogP contribution in [0.4, 0.5) is 0 Å². The van der Waals surface area contributed by atoms with E-state index in [2.05, 4.69) is 25.7 Å². The molecule has 12 heavy (non-hydrogen) atoms. The highest BCUT2D eigenvalue weighted by atomic mass is 14.5. The molecule has 0 unspecified atom stereocenters. The molecular formula is C11H19N. The van der Waals surface area contributed by atoms with Crippen LogP contribution in [0.5, 0.6) is 0 Å². The molecule has 0 atom stereocenters. The van der Waals surface area contributed by atoms with Gasteiger partial charge in [-0.2, -0.15) is 0 Å². The van der Waals surface area contributed by atoms with Gasteiger partial charge in [0.1, 0.15) is 0 Å². The van der Waals surface area contributed by atoms with Crippen molar-refractivity contribution in [2.24, 2.45) is 5.73 Å². The Labute approximate surface area is 75.7 Å². The summed E-state index contributed by atoms with van der Waals surface area (Å²) in [7, 11) is 0. The van der Waals surface area contributed by atoms with Gasteiger partial charge in [0.05, 0.1) is 0 Å². The molecule has 2 N–H and O–H groups in total. The topological polar surface area (TPSA) is 26.0 Å². The predicted molar refractivity (Wildman–Crippen MR) is 56.0 cm³/mol. The molecule has 0 spiro atoms. The first-order valence-electron chi connectivity index (χ1n) is 4.40. The zero-order chi connectivity index (χ0) is 9.40. The van der Waals surface area contributed by atoms with Crippen molar-refractivity contribution in [2.45, 2.75) is 26.7 Å². The first-order valence-corrected chi connectivity index (χ1v) is 4.40. The number of hydrogen-bond acceptors (Lipinski definition) is 1. The summed E-state index contributed by atoms with van der Waals surface area (Å²) in [4.78, 5) is 0. The first-order chi connectivity index (χ1) is 5.70. The van der Waals surface area contributed by atoms with Crippen LogP contribution in [-0.2, 0) is 0 Å². The van der Waals surface area contributed by atoms with Gasteiger partial charge < -0.3 is 5.73 Å². The second kappa shape index (κ2) is 6.86. The lowest BCUT2D eigenvalue weighted by molar-refractivity contribution is 1.02. The van der Waals surface area contributed by atoms with E-state index in [9.17, 15) is 0 Å². The van der Waals surface area contributed by atoms with Crippen molar-refractivity contribution in [2.75, 3.05) is 6.54 Å². The molecule has 0 fully saturated rings. The zero-order valence-corrected chi connectivity index (χ0v) is 8.14. The summed E-state index contributed by atoms with van der Waals surface area (Å²) in [6.07, 6.45) is 8.32. The molecule has 0 rings (SSSR count). The van der Waals surface area contributed by atoms with Crippen LogP contribution in [0.3, 0.4) is 0 Å². The summed E-state index contributed by atoms with van der Waals surface area (Å²) >= 11 is 0. The highest BCUT2D eigenvalue weighted by Crippen LogP contribution is 2.09. The van der Waals surface area contributed by atoms with Crippen LogP contribution in [0.25, 0.3) is 0 Å². The molecule has 0 aromatic heterocycles. The van der Waals surface area contributed by atoms with Gasteiger partial charge in [-0.3, -0.25) is 0 Å². The Hall–Kier alpha value is -0.820. The van der Waals surface area contributed by atoms with Gasteiger partial charge in [-0.25, -0.2) is 0 Å². The second-order valence-corrected chi connectivity index (χ2v) is 2.91. The van der Waals surface area contributed by atoms with Gasteiger partial charge in [0.15, 0.2) is 0 Å². The smallest absolute Gasteiger partial charge is 0.0106 e. The summed E-state index contributed by atoms with van der Waals surface area (Å²) in [5, 5.41) is 0. The Morgan fingerprint density at radius 1 is 1.42 bits per heavy atom.